The zero-order valence-corrected chi connectivity index (χ0v) is 11.0. The molecule has 1 unspecified atom stereocenters. The Balaban J connectivity index is 1.66. The second-order valence-electron chi connectivity index (χ2n) is 5.75. The van der Waals surface area contributed by atoms with Crippen LogP contribution < -0.4 is 5.32 Å². The lowest BCUT2D eigenvalue weighted by Gasteiger charge is -2.25. The van der Waals surface area contributed by atoms with Gasteiger partial charge in [-0.05, 0) is 55.1 Å². The Kier molecular flexibility index (Phi) is 3.88. The van der Waals surface area contributed by atoms with Gasteiger partial charge in [-0.3, -0.25) is 0 Å². The van der Waals surface area contributed by atoms with Crippen molar-refractivity contribution in [1.82, 2.24) is 25.5 Å². The Hall–Kier alpha value is -0.970. The fourth-order valence-corrected chi connectivity index (χ4v) is 3.31. The summed E-state index contributed by atoms with van der Waals surface area (Å²) in [5.74, 6) is 1.82. The van der Waals surface area contributed by atoms with Gasteiger partial charge in [-0.25, -0.2) is 4.68 Å². The van der Waals surface area contributed by atoms with E-state index in [2.05, 4.69) is 25.5 Å². The van der Waals surface area contributed by atoms with Gasteiger partial charge in [-0.2, -0.15) is 0 Å². The standard InChI is InChI=1S/C13H23N5/c1-2-6-12(7-3-1)18-13(15-16-17-18)9-11-5-4-8-14-10-11/h11-12,14H,1-10H2. The summed E-state index contributed by atoms with van der Waals surface area (Å²) < 4.78 is 2.12. The molecule has 1 aromatic rings. The number of piperidine rings is 1. The van der Waals surface area contributed by atoms with E-state index in [1.165, 1.54) is 51.5 Å². The second-order valence-corrected chi connectivity index (χ2v) is 5.75. The van der Waals surface area contributed by atoms with Crippen molar-refractivity contribution in [3.63, 3.8) is 0 Å². The average molecular weight is 249 g/mol. The normalized spacial score (nSPS) is 26.3. The summed E-state index contributed by atoms with van der Waals surface area (Å²) in [6.45, 7) is 2.29. The van der Waals surface area contributed by atoms with Gasteiger partial charge in [0.1, 0.15) is 0 Å². The van der Waals surface area contributed by atoms with E-state index in [-0.39, 0.29) is 0 Å². The maximum Gasteiger partial charge on any atom is 0.151 e. The predicted octanol–water partition coefficient (Wildman–Crippen LogP) is 1.72. The van der Waals surface area contributed by atoms with E-state index in [9.17, 15) is 0 Å². The molecule has 0 bridgehead atoms. The lowest BCUT2D eigenvalue weighted by atomic mass is 9.94. The van der Waals surface area contributed by atoms with Crippen LogP contribution >= 0.6 is 0 Å². The van der Waals surface area contributed by atoms with E-state index in [0.29, 0.717) is 12.0 Å². The van der Waals surface area contributed by atoms with Crippen LogP contribution in [-0.2, 0) is 6.42 Å². The summed E-state index contributed by atoms with van der Waals surface area (Å²) in [5.41, 5.74) is 0. The molecular weight excluding hydrogens is 226 g/mol. The van der Waals surface area contributed by atoms with Crippen LogP contribution in [0, 0.1) is 5.92 Å². The average Bonchev–Trinajstić information content (AvgIpc) is 2.89. The Morgan fingerprint density at radius 2 is 2.00 bits per heavy atom. The summed E-state index contributed by atoms with van der Waals surface area (Å²) >= 11 is 0. The van der Waals surface area contributed by atoms with Crippen LogP contribution in [0.5, 0.6) is 0 Å². The minimum Gasteiger partial charge on any atom is -0.316 e. The highest BCUT2D eigenvalue weighted by atomic mass is 15.5. The van der Waals surface area contributed by atoms with E-state index in [0.717, 1.165) is 18.8 Å². The number of rotatable bonds is 3. The fourth-order valence-electron chi connectivity index (χ4n) is 3.31. The van der Waals surface area contributed by atoms with Gasteiger partial charge in [0, 0.05) is 6.42 Å². The highest BCUT2D eigenvalue weighted by molar-refractivity contribution is 4.89. The van der Waals surface area contributed by atoms with Crippen molar-refractivity contribution in [3.8, 4) is 0 Å². The minimum atomic E-state index is 0.556. The molecule has 1 N–H and O–H groups in total. The van der Waals surface area contributed by atoms with Crippen LogP contribution in [-0.4, -0.2) is 33.3 Å². The minimum absolute atomic E-state index is 0.556. The second kappa shape index (κ2) is 5.78. The molecular formula is C13H23N5. The first kappa shape index (κ1) is 12.1. The van der Waals surface area contributed by atoms with Crippen molar-refractivity contribution in [2.75, 3.05) is 13.1 Å². The Bertz CT molecular complexity index is 363. The molecule has 1 saturated carbocycles. The van der Waals surface area contributed by atoms with Gasteiger partial charge in [0.25, 0.3) is 0 Å². The zero-order chi connectivity index (χ0) is 12.2. The van der Waals surface area contributed by atoms with Crippen molar-refractivity contribution in [2.24, 2.45) is 5.92 Å². The van der Waals surface area contributed by atoms with Crippen LogP contribution in [0.4, 0.5) is 0 Å². The maximum atomic E-state index is 4.26. The first-order valence-corrected chi connectivity index (χ1v) is 7.41. The van der Waals surface area contributed by atoms with Gasteiger partial charge in [-0.15, -0.1) is 5.10 Å². The molecule has 1 saturated heterocycles. The molecule has 100 valence electrons. The number of nitrogens with zero attached hydrogens (tertiary/aromatic N) is 4. The van der Waals surface area contributed by atoms with E-state index < -0.39 is 0 Å². The van der Waals surface area contributed by atoms with E-state index in [1.807, 2.05) is 0 Å². The van der Waals surface area contributed by atoms with E-state index in [1.54, 1.807) is 0 Å². The quantitative estimate of drug-likeness (QED) is 0.886. The largest absolute Gasteiger partial charge is 0.316 e. The number of aromatic nitrogens is 4. The molecule has 18 heavy (non-hydrogen) atoms. The lowest BCUT2D eigenvalue weighted by Crippen LogP contribution is -2.31. The third-order valence-electron chi connectivity index (χ3n) is 4.35. The van der Waals surface area contributed by atoms with Gasteiger partial charge < -0.3 is 5.32 Å². The monoisotopic (exact) mass is 249 g/mol. The molecule has 5 heteroatoms. The molecule has 1 atom stereocenters. The van der Waals surface area contributed by atoms with Crippen LogP contribution in [0.15, 0.2) is 0 Å². The van der Waals surface area contributed by atoms with Gasteiger partial charge >= 0.3 is 0 Å². The molecule has 2 aliphatic rings. The predicted molar refractivity (Wildman–Crippen MR) is 69.2 cm³/mol. The molecule has 1 aliphatic heterocycles. The van der Waals surface area contributed by atoms with Gasteiger partial charge in [-0.1, -0.05) is 19.3 Å². The fraction of sp³-hybridized carbons (Fsp3) is 0.923. The Labute approximate surface area is 108 Å². The van der Waals surface area contributed by atoms with Gasteiger partial charge in [0.05, 0.1) is 6.04 Å². The first-order chi connectivity index (χ1) is 8.93. The van der Waals surface area contributed by atoms with Crippen LogP contribution in [0.2, 0.25) is 0 Å². The van der Waals surface area contributed by atoms with Gasteiger partial charge in [0.15, 0.2) is 5.82 Å². The van der Waals surface area contributed by atoms with Crippen molar-refractivity contribution < 1.29 is 0 Å². The molecule has 0 aromatic carbocycles. The molecule has 0 amide bonds. The molecule has 2 heterocycles. The van der Waals surface area contributed by atoms with Crippen molar-refractivity contribution in [3.05, 3.63) is 5.82 Å². The highest BCUT2D eigenvalue weighted by Crippen LogP contribution is 2.28. The van der Waals surface area contributed by atoms with E-state index >= 15 is 0 Å². The van der Waals surface area contributed by atoms with Gasteiger partial charge in [0.2, 0.25) is 0 Å². The summed E-state index contributed by atoms with van der Waals surface area (Å²) in [5, 5.41) is 15.9. The number of hydrogen-bond donors (Lipinski definition) is 1. The Morgan fingerprint density at radius 1 is 1.11 bits per heavy atom. The number of hydrogen-bond acceptors (Lipinski definition) is 4. The summed E-state index contributed by atoms with van der Waals surface area (Å²) in [4.78, 5) is 0. The third kappa shape index (κ3) is 2.71. The van der Waals surface area contributed by atoms with Crippen molar-refractivity contribution >= 4 is 0 Å². The molecule has 1 aromatic heterocycles. The van der Waals surface area contributed by atoms with Crippen molar-refractivity contribution in [2.45, 2.75) is 57.4 Å². The summed E-state index contributed by atoms with van der Waals surface area (Å²) in [6, 6.07) is 0.556. The highest BCUT2D eigenvalue weighted by Gasteiger charge is 2.22. The topological polar surface area (TPSA) is 55.6 Å². The maximum absolute atomic E-state index is 4.26. The molecule has 2 fully saturated rings. The molecule has 5 nitrogen and oxygen atoms in total. The summed E-state index contributed by atoms with van der Waals surface area (Å²) in [7, 11) is 0. The van der Waals surface area contributed by atoms with Crippen LogP contribution in [0.1, 0.15) is 56.8 Å². The van der Waals surface area contributed by atoms with Crippen LogP contribution in [0.25, 0.3) is 0 Å². The van der Waals surface area contributed by atoms with Crippen molar-refractivity contribution in [1.29, 1.82) is 0 Å². The lowest BCUT2D eigenvalue weighted by molar-refractivity contribution is 0.304. The number of nitrogens with one attached hydrogen (secondary N) is 1. The summed E-state index contributed by atoms with van der Waals surface area (Å²) in [6.07, 6.45) is 10.2. The molecule has 0 radical (unpaired) electrons. The zero-order valence-electron chi connectivity index (χ0n) is 11.0. The SMILES string of the molecule is C1CCC(n2nnnc2CC2CCCNC2)CC1. The van der Waals surface area contributed by atoms with E-state index in [4.69, 9.17) is 0 Å². The smallest absolute Gasteiger partial charge is 0.151 e. The molecule has 0 spiro atoms. The van der Waals surface area contributed by atoms with Crippen LogP contribution in [0.3, 0.4) is 0 Å². The Morgan fingerprint density at radius 3 is 2.78 bits per heavy atom. The third-order valence-corrected chi connectivity index (χ3v) is 4.35. The molecule has 3 rings (SSSR count). The molecule has 1 aliphatic carbocycles. The first-order valence-electron chi connectivity index (χ1n) is 7.41. The number of tetrazole rings is 1.